The maximum Gasteiger partial charge on any atom is 0.224 e. The number of morpholine rings is 1. The van der Waals surface area contributed by atoms with Crippen LogP contribution >= 0.6 is 0 Å². The number of nitrogens with zero attached hydrogens (tertiary/aromatic N) is 1. The molecule has 7 heteroatoms. The van der Waals surface area contributed by atoms with Gasteiger partial charge in [-0.3, -0.25) is 14.4 Å². The van der Waals surface area contributed by atoms with Crippen LogP contribution in [0.4, 0.5) is 0 Å². The van der Waals surface area contributed by atoms with Crippen LogP contribution in [-0.4, -0.2) is 67.6 Å². The zero-order valence-electron chi connectivity index (χ0n) is 16.3. The first-order chi connectivity index (χ1) is 13.0. The molecule has 3 fully saturated rings. The van der Waals surface area contributed by atoms with E-state index in [2.05, 4.69) is 5.32 Å². The van der Waals surface area contributed by atoms with Gasteiger partial charge in [0, 0.05) is 25.4 Å². The molecule has 2 heterocycles. The fraction of sp³-hybridized carbons (Fsp3) is 0.850. The Hall–Kier alpha value is -1.47. The average molecular weight is 380 g/mol. The second kappa shape index (κ2) is 9.64. The molecule has 1 N–H and O–H groups in total. The number of carbonyl (C=O) groups excluding carboxylic acids is 3. The standard InChI is InChI=1S/C20H32N2O5/c1-14-19(17(23)13-27-14)21-20(25)16(11-15-5-3-2-4-6-15)12-18(24)22-7-9-26-10-8-22/h14-16,19H,2-13H2,1H3,(H,21,25)/t14-,16+,19-/m0/s1. The zero-order chi connectivity index (χ0) is 19.2. The number of Topliss-reactive ketones (excluding diaryl/α,β-unsaturated/α-hetero) is 1. The summed E-state index contributed by atoms with van der Waals surface area (Å²) in [5.41, 5.74) is 0. The summed E-state index contributed by atoms with van der Waals surface area (Å²) in [5.74, 6) is -0.162. The van der Waals surface area contributed by atoms with Crippen molar-refractivity contribution in [2.75, 3.05) is 32.9 Å². The van der Waals surface area contributed by atoms with Gasteiger partial charge in [0.05, 0.1) is 19.3 Å². The Morgan fingerprint density at radius 1 is 1.19 bits per heavy atom. The summed E-state index contributed by atoms with van der Waals surface area (Å²) < 4.78 is 10.6. The maximum absolute atomic E-state index is 13.0. The molecule has 0 aromatic carbocycles. The number of amides is 2. The van der Waals surface area contributed by atoms with Crippen molar-refractivity contribution in [2.45, 2.75) is 64.0 Å². The first kappa shape index (κ1) is 20.3. The van der Waals surface area contributed by atoms with Crippen LogP contribution in [0.3, 0.4) is 0 Å². The summed E-state index contributed by atoms with van der Waals surface area (Å²) in [6.45, 7) is 4.12. The van der Waals surface area contributed by atoms with Crippen molar-refractivity contribution in [2.24, 2.45) is 11.8 Å². The van der Waals surface area contributed by atoms with Gasteiger partial charge in [0.2, 0.25) is 11.8 Å². The summed E-state index contributed by atoms with van der Waals surface area (Å²) in [6, 6.07) is -0.593. The second-order valence-corrected chi connectivity index (χ2v) is 8.10. The van der Waals surface area contributed by atoms with Crippen molar-refractivity contribution in [1.29, 1.82) is 0 Å². The quantitative estimate of drug-likeness (QED) is 0.751. The molecule has 0 aromatic rings. The molecule has 27 heavy (non-hydrogen) atoms. The molecule has 0 bridgehead atoms. The third-order valence-electron chi connectivity index (χ3n) is 6.10. The van der Waals surface area contributed by atoms with Crippen LogP contribution in [0.15, 0.2) is 0 Å². The molecule has 0 spiro atoms. The summed E-state index contributed by atoms with van der Waals surface area (Å²) in [5, 5.41) is 2.87. The van der Waals surface area contributed by atoms with Crippen molar-refractivity contribution in [1.82, 2.24) is 10.2 Å². The van der Waals surface area contributed by atoms with E-state index in [9.17, 15) is 14.4 Å². The Morgan fingerprint density at radius 2 is 1.89 bits per heavy atom. The molecule has 7 nitrogen and oxygen atoms in total. The van der Waals surface area contributed by atoms with Gasteiger partial charge in [0.1, 0.15) is 12.6 Å². The lowest BCUT2D eigenvalue weighted by Crippen LogP contribution is -2.48. The van der Waals surface area contributed by atoms with Crippen molar-refractivity contribution in [3.63, 3.8) is 0 Å². The fourth-order valence-electron chi connectivity index (χ4n) is 4.39. The molecule has 3 aliphatic rings. The highest BCUT2D eigenvalue weighted by molar-refractivity contribution is 5.93. The van der Waals surface area contributed by atoms with Crippen LogP contribution in [0.1, 0.15) is 51.9 Å². The molecule has 1 saturated carbocycles. The fourth-order valence-corrected chi connectivity index (χ4v) is 4.39. The Balaban J connectivity index is 1.63. The number of nitrogens with one attached hydrogen (secondary N) is 1. The topological polar surface area (TPSA) is 84.9 Å². The highest BCUT2D eigenvalue weighted by Crippen LogP contribution is 2.31. The Morgan fingerprint density at radius 3 is 2.52 bits per heavy atom. The Kier molecular flexibility index (Phi) is 7.24. The van der Waals surface area contributed by atoms with E-state index in [0.717, 1.165) is 19.3 Å². The van der Waals surface area contributed by atoms with Crippen LogP contribution in [0.25, 0.3) is 0 Å². The summed E-state index contributed by atoms with van der Waals surface area (Å²) in [6.07, 6.45) is 6.51. The number of ether oxygens (including phenoxy) is 2. The lowest BCUT2D eigenvalue weighted by molar-refractivity contribution is -0.140. The molecule has 2 saturated heterocycles. The summed E-state index contributed by atoms with van der Waals surface area (Å²) in [7, 11) is 0. The molecular weight excluding hydrogens is 348 g/mol. The van der Waals surface area contributed by atoms with Gasteiger partial charge in [0.15, 0.2) is 5.78 Å². The minimum Gasteiger partial charge on any atom is -0.378 e. The van der Waals surface area contributed by atoms with E-state index >= 15 is 0 Å². The first-order valence-electron chi connectivity index (χ1n) is 10.3. The molecule has 0 unspecified atom stereocenters. The van der Waals surface area contributed by atoms with Crippen LogP contribution in [0.5, 0.6) is 0 Å². The van der Waals surface area contributed by atoms with Crippen molar-refractivity contribution >= 4 is 17.6 Å². The summed E-state index contributed by atoms with van der Waals surface area (Å²) >= 11 is 0. The number of hydrogen-bond donors (Lipinski definition) is 1. The molecule has 1 aliphatic carbocycles. The largest absolute Gasteiger partial charge is 0.378 e. The lowest BCUT2D eigenvalue weighted by Gasteiger charge is -2.30. The van der Waals surface area contributed by atoms with Crippen LogP contribution in [0, 0.1) is 11.8 Å². The van der Waals surface area contributed by atoms with Crippen LogP contribution < -0.4 is 5.32 Å². The average Bonchev–Trinajstić information content (AvgIpc) is 3.01. The minimum absolute atomic E-state index is 0.0105. The highest BCUT2D eigenvalue weighted by Gasteiger charge is 2.36. The smallest absolute Gasteiger partial charge is 0.224 e. The third-order valence-corrected chi connectivity index (χ3v) is 6.10. The summed E-state index contributed by atoms with van der Waals surface area (Å²) in [4.78, 5) is 39.4. The molecule has 0 radical (unpaired) electrons. The van der Waals surface area contributed by atoms with Gasteiger partial charge in [-0.2, -0.15) is 0 Å². The highest BCUT2D eigenvalue weighted by atomic mass is 16.5. The first-order valence-corrected chi connectivity index (χ1v) is 10.3. The molecule has 0 aromatic heterocycles. The van der Waals surface area contributed by atoms with Crippen LogP contribution in [-0.2, 0) is 23.9 Å². The Bertz CT molecular complexity index is 540. The number of ketones is 1. The number of hydrogen-bond acceptors (Lipinski definition) is 5. The zero-order valence-corrected chi connectivity index (χ0v) is 16.3. The third kappa shape index (κ3) is 5.51. The Labute approximate surface area is 161 Å². The van der Waals surface area contributed by atoms with E-state index < -0.39 is 6.04 Å². The van der Waals surface area contributed by atoms with E-state index in [4.69, 9.17) is 9.47 Å². The maximum atomic E-state index is 13.0. The SMILES string of the molecule is C[C@@H]1OCC(=O)[C@H]1NC(=O)[C@@H](CC(=O)N1CCOCC1)CC1CCCCC1. The molecular formula is C20H32N2O5. The van der Waals surface area contributed by atoms with E-state index in [0.29, 0.717) is 32.2 Å². The molecule has 3 atom stereocenters. The van der Waals surface area contributed by atoms with Crippen molar-refractivity contribution in [3.05, 3.63) is 0 Å². The predicted molar refractivity (Wildman–Crippen MR) is 99.0 cm³/mol. The lowest BCUT2D eigenvalue weighted by atomic mass is 9.81. The monoisotopic (exact) mass is 380 g/mol. The second-order valence-electron chi connectivity index (χ2n) is 8.10. The van der Waals surface area contributed by atoms with E-state index in [1.165, 1.54) is 19.3 Å². The van der Waals surface area contributed by atoms with Crippen molar-refractivity contribution < 1.29 is 23.9 Å². The van der Waals surface area contributed by atoms with Gasteiger partial charge in [0.25, 0.3) is 0 Å². The van der Waals surface area contributed by atoms with Gasteiger partial charge in [-0.05, 0) is 19.3 Å². The van der Waals surface area contributed by atoms with Crippen LogP contribution in [0.2, 0.25) is 0 Å². The van der Waals surface area contributed by atoms with Gasteiger partial charge in [-0.25, -0.2) is 0 Å². The van der Waals surface area contributed by atoms with Gasteiger partial charge in [-0.15, -0.1) is 0 Å². The van der Waals surface area contributed by atoms with Crippen molar-refractivity contribution in [3.8, 4) is 0 Å². The molecule has 2 amide bonds. The van der Waals surface area contributed by atoms with E-state index in [1.54, 1.807) is 11.8 Å². The van der Waals surface area contributed by atoms with Gasteiger partial charge in [-0.1, -0.05) is 32.1 Å². The van der Waals surface area contributed by atoms with Gasteiger partial charge < -0.3 is 19.7 Å². The van der Waals surface area contributed by atoms with Gasteiger partial charge >= 0.3 is 0 Å². The number of carbonyl (C=O) groups is 3. The minimum atomic E-state index is -0.593. The van der Waals surface area contributed by atoms with E-state index in [-0.39, 0.29) is 42.6 Å². The normalized spacial score (nSPS) is 28.2. The van der Waals surface area contributed by atoms with E-state index in [1.807, 2.05) is 0 Å². The molecule has 152 valence electrons. The number of rotatable bonds is 6. The molecule has 3 rings (SSSR count). The molecule has 2 aliphatic heterocycles. The predicted octanol–water partition coefficient (Wildman–Crippen LogP) is 1.29.